The summed E-state index contributed by atoms with van der Waals surface area (Å²) in [5.74, 6) is -0.0241. The first-order valence-corrected chi connectivity index (χ1v) is 10.7. The summed E-state index contributed by atoms with van der Waals surface area (Å²) in [5, 5.41) is 17.8. The van der Waals surface area contributed by atoms with Gasteiger partial charge in [0.05, 0.1) is 13.0 Å². The van der Waals surface area contributed by atoms with Crippen molar-refractivity contribution in [3.8, 4) is 23.0 Å². The number of carbonyl (C=O) groups is 1. The molecule has 0 aromatic heterocycles. The van der Waals surface area contributed by atoms with E-state index in [9.17, 15) is 13.6 Å². The van der Waals surface area contributed by atoms with Crippen LogP contribution in [0.3, 0.4) is 0 Å². The summed E-state index contributed by atoms with van der Waals surface area (Å²) in [4.78, 5) is 10.5. The number of benzene rings is 3. The van der Waals surface area contributed by atoms with Gasteiger partial charge >= 0.3 is 5.97 Å². The van der Waals surface area contributed by atoms with Crippen LogP contribution in [0.2, 0.25) is 0 Å². The number of hydrogen-bond acceptors (Lipinski definition) is 4. The molecule has 5 nitrogen and oxygen atoms in total. The second-order valence-corrected chi connectivity index (χ2v) is 8.22. The Morgan fingerprint density at radius 2 is 1.79 bits per heavy atom. The van der Waals surface area contributed by atoms with E-state index in [2.05, 4.69) is 0 Å². The number of fused-ring (bicyclic) bond motifs is 2. The number of phenols is 1. The molecule has 1 aliphatic heterocycles. The second kappa shape index (κ2) is 9.48. The molecule has 7 heteroatoms. The minimum atomic E-state index is -0.834. The fourth-order valence-electron chi connectivity index (χ4n) is 4.18. The lowest BCUT2D eigenvalue weighted by molar-refractivity contribution is -0.137. The fraction of sp³-hybridized carbons (Fsp3) is 0.269. The molecular formula is C26H24F2O5. The lowest BCUT2D eigenvalue weighted by atomic mass is 9.98. The Morgan fingerprint density at radius 1 is 1.03 bits per heavy atom. The molecule has 0 amide bonds. The lowest BCUT2D eigenvalue weighted by Gasteiger charge is -2.12. The molecule has 5 rings (SSSR count). The van der Waals surface area contributed by atoms with Gasteiger partial charge in [0.15, 0.2) is 11.6 Å². The molecule has 0 fully saturated rings. The van der Waals surface area contributed by atoms with E-state index in [1.54, 1.807) is 30.3 Å². The molecule has 0 spiro atoms. The van der Waals surface area contributed by atoms with Gasteiger partial charge in [-0.1, -0.05) is 12.1 Å². The zero-order valence-electron chi connectivity index (χ0n) is 18.1. The van der Waals surface area contributed by atoms with E-state index >= 15 is 0 Å². The molecule has 1 heterocycles. The van der Waals surface area contributed by atoms with Crippen LogP contribution in [-0.2, 0) is 17.6 Å². The van der Waals surface area contributed by atoms with Crippen LogP contribution in [0, 0.1) is 18.6 Å². The van der Waals surface area contributed by atoms with Crippen molar-refractivity contribution >= 4 is 5.97 Å². The zero-order valence-corrected chi connectivity index (χ0v) is 18.1. The summed E-state index contributed by atoms with van der Waals surface area (Å²) in [6.07, 6.45) is 2.51. The number of carboxylic acids is 1. The van der Waals surface area contributed by atoms with Gasteiger partial charge in [-0.25, -0.2) is 8.78 Å². The summed E-state index contributed by atoms with van der Waals surface area (Å²) in [6.45, 7) is 2.26. The van der Waals surface area contributed by atoms with Gasteiger partial charge in [-0.3, -0.25) is 4.79 Å². The molecule has 2 N–H and O–H groups in total. The van der Waals surface area contributed by atoms with Gasteiger partial charge in [-0.05, 0) is 67.6 Å². The Bertz CT molecular complexity index is 1190. The van der Waals surface area contributed by atoms with Crippen LogP contribution in [0.5, 0.6) is 23.0 Å². The van der Waals surface area contributed by atoms with Crippen molar-refractivity contribution in [1.82, 2.24) is 0 Å². The number of aryl methyl sites for hydroxylation is 1. The van der Waals surface area contributed by atoms with Crippen LogP contribution in [-0.4, -0.2) is 22.8 Å². The van der Waals surface area contributed by atoms with Crippen molar-refractivity contribution in [1.29, 1.82) is 0 Å². The highest BCUT2D eigenvalue weighted by molar-refractivity contribution is 5.68. The topological polar surface area (TPSA) is 76.0 Å². The van der Waals surface area contributed by atoms with Gasteiger partial charge in [-0.2, -0.15) is 0 Å². The van der Waals surface area contributed by atoms with Crippen molar-refractivity contribution in [2.24, 2.45) is 0 Å². The molecule has 0 bridgehead atoms. The van der Waals surface area contributed by atoms with E-state index in [1.165, 1.54) is 18.2 Å². The lowest BCUT2D eigenvalue weighted by Crippen LogP contribution is -2.07. The molecule has 1 atom stereocenters. The van der Waals surface area contributed by atoms with Crippen LogP contribution in [0.15, 0.2) is 48.5 Å². The second-order valence-electron chi connectivity index (χ2n) is 8.22. The number of ether oxygens (including phenoxy) is 2. The number of hydrogen-bond donors (Lipinski definition) is 2. The van der Waals surface area contributed by atoms with E-state index in [4.69, 9.17) is 19.7 Å². The monoisotopic (exact) mass is 454 g/mol. The molecule has 1 unspecified atom stereocenters. The first-order chi connectivity index (χ1) is 15.8. The normalized spacial score (nSPS) is 15.7. The zero-order chi connectivity index (χ0) is 23.5. The van der Waals surface area contributed by atoms with Crippen LogP contribution < -0.4 is 9.47 Å². The van der Waals surface area contributed by atoms with Gasteiger partial charge in [-0.15, -0.1) is 0 Å². The molecule has 1 aliphatic carbocycles. The van der Waals surface area contributed by atoms with Gasteiger partial charge in [0.1, 0.15) is 23.1 Å². The highest BCUT2D eigenvalue weighted by Crippen LogP contribution is 2.38. The highest BCUT2D eigenvalue weighted by atomic mass is 19.1. The average Bonchev–Trinajstić information content (AvgIpc) is 3.41. The molecule has 3 aromatic rings. The first kappa shape index (κ1) is 22.6. The number of aromatic hydroxyl groups is 1. The molecule has 172 valence electrons. The Balaban J connectivity index is 0.000000165. The van der Waals surface area contributed by atoms with E-state index in [0.717, 1.165) is 36.0 Å². The third-order valence-electron chi connectivity index (χ3n) is 5.79. The standard InChI is InChI=1S/C16H14F2O.C10H10O4/c1-10-5-6-14(18)16(9-10)19-15-8-7-13(17)11-3-2-4-12(11)15;11-7-1-2-8-6(3-10(12)13)5-14-9(8)4-7/h5-9H,2-4H2,1H3;1-2,4,6,11H,3,5H2,(H,12,13). The maximum absolute atomic E-state index is 13.7. The summed E-state index contributed by atoms with van der Waals surface area (Å²) in [5.41, 5.74) is 3.38. The largest absolute Gasteiger partial charge is 0.508 e. The van der Waals surface area contributed by atoms with Crippen LogP contribution in [0.1, 0.15) is 41.0 Å². The van der Waals surface area contributed by atoms with Gasteiger partial charge < -0.3 is 19.7 Å². The van der Waals surface area contributed by atoms with E-state index in [1.807, 2.05) is 6.92 Å². The molecule has 0 saturated carbocycles. The van der Waals surface area contributed by atoms with Crippen LogP contribution in [0.4, 0.5) is 8.78 Å². The summed E-state index contributed by atoms with van der Waals surface area (Å²) < 4.78 is 38.2. The number of phenolic OH excluding ortho intramolecular Hbond substituents is 1. The van der Waals surface area contributed by atoms with Gasteiger partial charge in [0.2, 0.25) is 0 Å². The Morgan fingerprint density at radius 3 is 2.58 bits per heavy atom. The third-order valence-corrected chi connectivity index (χ3v) is 5.79. The minimum absolute atomic E-state index is 0.0672. The minimum Gasteiger partial charge on any atom is -0.508 e. The van der Waals surface area contributed by atoms with Crippen molar-refractivity contribution in [3.63, 3.8) is 0 Å². The molecule has 33 heavy (non-hydrogen) atoms. The quantitative estimate of drug-likeness (QED) is 0.514. The number of aliphatic carboxylic acids is 1. The van der Waals surface area contributed by atoms with Gasteiger partial charge in [0.25, 0.3) is 0 Å². The van der Waals surface area contributed by atoms with E-state index < -0.39 is 11.8 Å². The molecule has 0 radical (unpaired) electrons. The first-order valence-electron chi connectivity index (χ1n) is 10.7. The van der Waals surface area contributed by atoms with Crippen LogP contribution >= 0.6 is 0 Å². The maximum Gasteiger partial charge on any atom is 0.304 e. The summed E-state index contributed by atoms with van der Waals surface area (Å²) in [6, 6.07) is 12.5. The fourth-order valence-corrected chi connectivity index (χ4v) is 4.18. The summed E-state index contributed by atoms with van der Waals surface area (Å²) >= 11 is 0. The Kier molecular flexibility index (Phi) is 6.49. The van der Waals surface area contributed by atoms with Crippen LogP contribution in [0.25, 0.3) is 0 Å². The average molecular weight is 454 g/mol. The number of rotatable bonds is 4. The van der Waals surface area contributed by atoms with Crippen molar-refractivity contribution in [3.05, 3.63) is 82.4 Å². The number of halogens is 2. The summed E-state index contributed by atoms with van der Waals surface area (Å²) in [7, 11) is 0. The maximum atomic E-state index is 13.7. The third kappa shape index (κ3) is 5.08. The molecule has 0 saturated heterocycles. The molecule has 3 aromatic carbocycles. The highest BCUT2D eigenvalue weighted by Gasteiger charge is 2.26. The predicted molar refractivity (Wildman–Crippen MR) is 118 cm³/mol. The molecule has 2 aliphatic rings. The van der Waals surface area contributed by atoms with E-state index in [-0.39, 0.29) is 29.7 Å². The Labute approximate surface area is 190 Å². The Hall–Kier alpha value is -3.61. The molecular weight excluding hydrogens is 430 g/mol. The van der Waals surface area contributed by atoms with Crippen molar-refractivity contribution in [2.45, 2.75) is 38.5 Å². The number of carboxylic acid groups (broad SMARTS) is 1. The van der Waals surface area contributed by atoms with E-state index in [0.29, 0.717) is 23.7 Å². The SMILES string of the molecule is Cc1ccc(F)c(Oc2ccc(F)c3c2CCC3)c1.O=C(O)CC1COc2cc(O)ccc21. The van der Waals surface area contributed by atoms with Crippen molar-refractivity contribution < 1.29 is 33.3 Å². The van der Waals surface area contributed by atoms with Crippen molar-refractivity contribution in [2.75, 3.05) is 6.61 Å². The van der Waals surface area contributed by atoms with Gasteiger partial charge in [0, 0.05) is 23.1 Å². The smallest absolute Gasteiger partial charge is 0.304 e. The predicted octanol–water partition coefficient (Wildman–Crippen LogP) is 5.90.